The molecular formula is C14H22O2. The van der Waals surface area contributed by atoms with Crippen molar-refractivity contribution in [3.63, 3.8) is 0 Å². The van der Waals surface area contributed by atoms with Gasteiger partial charge in [0.05, 0.1) is 5.92 Å². The molecule has 1 saturated carbocycles. The second kappa shape index (κ2) is 3.61. The van der Waals surface area contributed by atoms with E-state index >= 15 is 0 Å². The van der Waals surface area contributed by atoms with Crippen LogP contribution in [0.3, 0.4) is 0 Å². The van der Waals surface area contributed by atoms with Crippen molar-refractivity contribution < 1.29 is 9.53 Å². The molecule has 90 valence electrons. The number of carbonyl (C=O) groups is 1. The lowest BCUT2D eigenvalue weighted by Crippen LogP contribution is -2.61. The number of carbonyl (C=O) groups excluding carboxylic acids is 1. The van der Waals surface area contributed by atoms with Gasteiger partial charge >= 0.3 is 5.97 Å². The van der Waals surface area contributed by atoms with Gasteiger partial charge < -0.3 is 4.74 Å². The van der Waals surface area contributed by atoms with E-state index in [1.165, 1.54) is 5.57 Å². The summed E-state index contributed by atoms with van der Waals surface area (Å²) in [5.74, 6) is 0.886. The Hall–Kier alpha value is -0.790. The quantitative estimate of drug-likeness (QED) is 0.530. The molecule has 2 bridgehead atoms. The first kappa shape index (κ1) is 11.7. The van der Waals surface area contributed by atoms with Gasteiger partial charge in [0.2, 0.25) is 0 Å². The first-order chi connectivity index (χ1) is 7.35. The molecule has 3 aliphatic carbocycles. The number of hydrogen-bond acceptors (Lipinski definition) is 2. The second-order valence-electron chi connectivity index (χ2n) is 6.15. The number of rotatable bonds is 2. The third-order valence-electron chi connectivity index (χ3n) is 4.39. The van der Waals surface area contributed by atoms with Crippen LogP contribution in [0, 0.1) is 23.2 Å². The SMILES string of the molecule is CC1=CC[C@@H]2[C@@H](OC(=O)C(C)C)[C@H]1C2(C)C. The minimum absolute atomic E-state index is 0.0197. The van der Waals surface area contributed by atoms with E-state index in [-0.39, 0.29) is 18.0 Å². The van der Waals surface area contributed by atoms with Crippen LogP contribution in [-0.4, -0.2) is 12.1 Å². The largest absolute Gasteiger partial charge is 0.461 e. The van der Waals surface area contributed by atoms with Gasteiger partial charge in [-0.05, 0) is 18.8 Å². The Kier molecular flexibility index (Phi) is 2.64. The van der Waals surface area contributed by atoms with Crippen molar-refractivity contribution in [2.45, 2.75) is 47.1 Å². The van der Waals surface area contributed by atoms with Crippen LogP contribution >= 0.6 is 0 Å². The van der Waals surface area contributed by atoms with Crippen molar-refractivity contribution in [1.82, 2.24) is 0 Å². The molecule has 3 atom stereocenters. The first-order valence-electron chi connectivity index (χ1n) is 6.23. The summed E-state index contributed by atoms with van der Waals surface area (Å²) in [5.41, 5.74) is 1.70. The topological polar surface area (TPSA) is 26.3 Å². The Bertz CT molecular complexity index is 339. The zero-order valence-corrected chi connectivity index (χ0v) is 10.9. The normalized spacial score (nSPS) is 35.4. The van der Waals surface area contributed by atoms with Crippen LogP contribution in [0.2, 0.25) is 0 Å². The fourth-order valence-electron chi connectivity index (χ4n) is 3.34. The molecule has 0 saturated heterocycles. The summed E-state index contributed by atoms with van der Waals surface area (Å²) in [6.45, 7) is 10.5. The van der Waals surface area contributed by atoms with Crippen molar-refractivity contribution in [2.24, 2.45) is 23.2 Å². The smallest absolute Gasteiger partial charge is 0.308 e. The molecule has 3 rings (SSSR count). The molecule has 0 unspecified atom stereocenters. The highest BCUT2D eigenvalue weighted by Gasteiger charge is 2.60. The van der Waals surface area contributed by atoms with E-state index in [9.17, 15) is 4.79 Å². The maximum Gasteiger partial charge on any atom is 0.308 e. The zero-order valence-electron chi connectivity index (χ0n) is 10.9. The predicted molar refractivity (Wildman–Crippen MR) is 63.9 cm³/mol. The summed E-state index contributed by atoms with van der Waals surface area (Å²) in [7, 11) is 0. The van der Waals surface area contributed by atoms with Crippen LogP contribution in [0.1, 0.15) is 41.0 Å². The Morgan fingerprint density at radius 3 is 2.56 bits per heavy atom. The van der Waals surface area contributed by atoms with Crippen LogP contribution in [0.5, 0.6) is 0 Å². The van der Waals surface area contributed by atoms with Crippen LogP contribution in [0.4, 0.5) is 0 Å². The molecule has 0 N–H and O–H groups in total. The lowest BCUT2D eigenvalue weighted by molar-refractivity contribution is -0.195. The van der Waals surface area contributed by atoms with Crippen molar-refractivity contribution in [3.8, 4) is 0 Å². The minimum atomic E-state index is -0.0507. The Morgan fingerprint density at radius 2 is 2.12 bits per heavy atom. The maximum absolute atomic E-state index is 11.7. The van der Waals surface area contributed by atoms with Crippen LogP contribution in [-0.2, 0) is 9.53 Å². The summed E-state index contributed by atoms with van der Waals surface area (Å²) in [4.78, 5) is 11.7. The van der Waals surface area contributed by atoms with Gasteiger partial charge in [0.1, 0.15) is 6.10 Å². The number of esters is 1. The van der Waals surface area contributed by atoms with E-state index in [1.807, 2.05) is 13.8 Å². The molecule has 0 aromatic heterocycles. The fraction of sp³-hybridized carbons (Fsp3) is 0.786. The monoisotopic (exact) mass is 222 g/mol. The van der Waals surface area contributed by atoms with E-state index in [2.05, 4.69) is 26.8 Å². The van der Waals surface area contributed by atoms with Crippen LogP contribution < -0.4 is 0 Å². The highest BCUT2D eigenvalue weighted by atomic mass is 16.5. The summed E-state index contributed by atoms with van der Waals surface area (Å²) < 4.78 is 5.64. The predicted octanol–water partition coefficient (Wildman–Crippen LogP) is 3.18. The highest BCUT2D eigenvalue weighted by molar-refractivity contribution is 5.72. The van der Waals surface area contributed by atoms with Gasteiger partial charge in [-0.15, -0.1) is 0 Å². The molecule has 0 radical (unpaired) electrons. The van der Waals surface area contributed by atoms with Crippen molar-refractivity contribution in [3.05, 3.63) is 11.6 Å². The Balaban J connectivity index is 2.11. The Labute approximate surface area is 98.1 Å². The molecule has 0 aliphatic heterocycles. The van der Waals surface area contributed by atoms with E-state index in [4.69, 9.17) is 4.74 Å². The van der Waals surface area contributed by atoms with Crippen molar-refractivity contribution >= 4 is 5.97 Å². The first-order valence-corrected chi connectivity index (χ1v) is 6.23. The average molecular weight is 222 g/mol. The fourth-order valence-corrected chi connectivity index (χ4v) is 3.34. The van der Waals surface area contributed by atoms with E-state index in [0.29, 0.717) is 17.3 Å². The minimum Gasteiger partial charge on any atom is -0.461 e. The third-order valence-corrected chi connectivity index (χ3v) is 4.39. The third kappa shape index (κ3) is 1.50. The van der Waals surface area contributed by atoms with E-state index < -0.39 is 0 Å². The standard InChI is InChI=1S/C14H22O2/c1-8(2)13(15)16-12-10-7-6-9(3)11(12)14(10,4)5/h6,8,10-12H,7H2,1-5H3/t10-,11+,12-/m1/s1. The molecule has 1 fully saturated rings. The Morgan fingerprint density at radius 1 is 1.50 bits per heavy atom. The summed E-state index contributed by atoms with van der Waals surface area (Å²) in [6, 6.07) is 0. The van der Waals surface area contributed by atoms with Crippen LogP contribution in [0.25, 0.3) is 0 Å². The molecule has 16 heavy (non-hydrogen) atoms. The zero-order chi connectivity index (χ0) is 12.1. The van der Waals surface area contributed by atoms with Crippen molar-refractivity contribution in [1.29, 1.82) is 0 Å². The summed E-state index contributed by atoms with van der Waals surface area (Å²) in [6.07, 6.45) is 3.50. The van der Waals surface area contributed by atoms with Gasteiger partial charge in [0.15, 0.2) is 0 Å². The van der Waals surface area contributed by atoms with Gasteiger partial charge in [-0.25, -0.2) is 0 Å². The van der Waals surface area contributed by atoms with E-state index in [0.717, 1.165) is 6.42 Å². The van der Waals surface area contributed by atoms with Gasteiger partial charge in [-0.1, -0.05) is 39.3 Å². The molecule has 0 amide bonds. The molecule has 3 aliphatic rings. The lowest BCUT2D eigenvalue weighted by atomic mass is 9.47. The molecule has 0 aromatic rings. The molecule has 0 spiro atoms. The number of fused-ring (bicyclic) bond motifs is 1. The lowest BCUT2D eigenvalue weighted by Gasteiger charge is -2.60. The molecule has 0 aromatic carbocycles. The number of allylic oxidation sites excluding steroid dienone is 1. The summed E-state index contributed by atoms with van der Waals surface area (Å²) in [5, 5.41) is 0. The highest BCUT2D eigenvalue weighted by Crippen LogP contribution is 2.60. The second-order valence-corrected chi connectivity index (χ2v) is 6.15. The van der Waals surface area contributed by atoms with Gasteiger partial charge in [0.25, 0.3) is 0 Å². The van der Waals surface area contributed by atoms with Gasteiger partial charge in [0, 0.05) is 11.8 Å². The van der Waals surface area contributed by atoms with Crippen molar-refractivity contribution in [2.75, 3.05) is 0 Å². The average Bonchev–Trinajstić information content (AvgIpc) is 2.16. The molecule has 2 nitrogen and oxygen atoms in total. The molecule has 2 heteroatoms. The van der Waals surface area contributed by atoms with Gasteiger partial charge in [-0.2, -0.15) is 0 Å². The summed E-state index contributed by atoms with van der Waals surface area (Å²) >= 11 is 0. The van der Waals surface area contributed by atoms with Gasteiger partial charge in [-0.3, -0.25) is 4.79 Å². The van der Waals surface area contributed by atoms with E-state index in [1.54, 1.807) is 0 Å². The van der Waals surface area contributed by atoms with Crippen LogP contribution in [0.15, 0.2) is 11.6 Å². The molecular weight excluding hydrogens is 200 g/mol. The maximum atomic E-state index is 11.7. The molecule has 0 heterocycles. The number of hydrogen-bond donors (Lipinski definition) is 0. The number of ether oxygens (including phenoxy) is 1.